The van der Waals surface area contributed by atoms with E-state index in [4.69, 9.17) is 28.3 Å². The van der Waals surface area contributed by atoms with Gasteiger partial charge in [0.05, 0.1) is 21.3 Å². The molecule has 0 heterocycles. The molecule has 108 valence electrons. The number of carboxylic acids is 1. The van der Waals surface area contributed by atoms with Crippen molar-refractivity contribution in [2.75, 3.05) is 5.32 Å². The average molecular weight is 319 g/mol. The van der Waals surface area contributed by atoms with Crippen molar-refractivity contribution in [2.45, 2.75) is 19.9 Å². The van der Waals surface area contributed by atoms with Crippen LogP contribution in [0.5, 0.6) is 0 Å². The summed E-state index contributed by atoms with van der Waals surface area (Å²) in [4.78, 5) is 33.5. The van der Waals surface area contributed by atoms with Crippen LogP contribution in [0.4, 0.5) is 5.69 Å². The Balaban J connectivity index is 2.96. The molecular weight excluding hydrogens is 307 g/mol. The summed E-state index contributed by atoms with van der Waals surface area (Å²) in [5.74, 6) is -2.06. The van der Waals surface area contributed by atoms with Gasteiger partial charge in [-0.3, -0.25) is 9.59 Å². The molecule has 0 fully saturated rings. The van der Waals surface area contributed by atoms with Crippen molar-refractivity contribution < 1.29 is 19.5 Å². The van der Waals surface area contributed by atoms with Crippen molar-refractivity contribution in [3.05, 3.63) is 27.7 Å². The summed E-state index contributed by atoms with van der Waals surface area (Å²) >= 11 is 11.8. The number of hydrogen-bond acceptors (Lipinski definition) is 3. The molecule has 0 aliphatic rings. The van der Waals surface area contributed by atoms with E-state index >= 15 is 0 Å². The number of halogens is 2. The zero-order valence-corrected chi connectivity index (χ0v) is 12.2. The Morgan fingerprint density at radius 2 is 1.70 bits per heavy atom. The second kappa shape index (κ2) is 6.58. The van der Waals surface area contributed by atoms with Gasteiger partial charge in [0.15, 0.2) is 0 Å². The SMILES string of the molecule is CC(=O)NC(C)C(=O)Nc1c(Cl)cc(C(=O)O)cc1Cl. The van der Waals surface area contributed by atoms with Crippen LogP contribution in [0.1, 0.15) is 24.2 Å². The summed E-state index contributed by atoms with van der Waals surface area (Å²) in [6.07, 6.45) is 0. The Morgan fingerprint density at radius 3 is 2.10 bits per heavy atom. The van der Waals surface area contributed by atoms with Crippen molar-refractivity contribution in [2.24, 2.45) is 0 Å². The van der Waals surface area contributed by atoms with Crippen LogP contribution in [-0.2, 0) is 9.59 Å². The summed E-state index contributed by atoms with van der Waals surface area (Å²) < 4.78 is 0. The van der Waals surface area contributed by atoms with Crippen molar-refractivity contribution in [3.8, 4) is 0 Å². The molecule has 8 heteroatoms. The third kappa shape index (κ3) is 4.11. The fraction of sp³-hybridized carbons (Fsp3) is 0.250. The van der Waals surface area contributed by atoms with Gasteiger partial charge in [0.2, 0.25) is 11.8 Å². The lowest BCUT2D eigenvalue weighted by atomic mass is 10.2. The van der Waals surface area contributed by atoms with Crippen LogP contribution in [-0.4, -0.2) is 28.9 Å². The van der Waals surface area contributed by atoms with E-state index in [1.807, 2.05) is 0 Å². The first-order valence-electron chi connectivity index (χ1n) is 5.52. The van der Waals surface area contributed by atoms with Gasteiger partial charge < -0.3 is 15.7 Å². The summed E-state index contributed by atoms with van der Waals surface area (Å²) in [7, 11) is 0. The first kappa shape index (κ1) is 16.3. The summed E-state index contributed by atoms with van der Waals surface area (Å²) in [6, 6.07) is 1.57. The highest BCUT2D eigenvalue weighted by molar-refractivity contribution is 6.40. The van der Waals surface area contributed by atoms with Gasteiger partial charge >= 0.3 is 5.97 Å². The predicted octanol–water partition coefficient (Wildman–Crippen LogP) is 2.15. The first-order valence-corrected chi connectivity index (χ1v) is 6.28. The van der Waals surface area contributed by atoms with E-state index in [9.17, 15) is 14.4 Å². The predicted molar refractivity (Wildman–Crippen MR) is 75.3 cm³/mol. The van der Waals surface area contributed by atoms with Gasteiger partial charge in [-0.2, -0.15) is 0 Å². The minimum absolute atomic E-state index is 0.00160. The number of benzene rings is 1. The third-order valence-electron chi connectivity index (χ3n) is 2.35. The van der Waals surface area contributed by atoms with Crippen LogP contribution in [0.15, 0.2) is 12.1 Å². The fourth-order valence-electron chi connectivity index (χ4n) is 1.42. The molecule has 1 unspecified atom stereocenters. The molecule has 0 saturated heterocycles. The molecule has 6 nitrogen and oxygen atoms in total. The number of carboxylic acid groups (broad SMARTS) is 1. The lowest BCUT2D eigenvalue weighted by Gasteiger charge is -2.15. The molecule has 0 aliphatic heterocycles. The third-order valence-corrected chi connectivity index (χ3v) is 2.95. The molecule has 1 aromatic rings. The molecule has 0 aromatic heterocycles. The lowest BCUT2D eigenvalue weighted by molar-refractivity contribution is -0.124. The van der Waals surface area contributed by atoms with E-state index in [-0.39, 0.29) is 27.2 Å². The maximum Gasteiger partial charge on any atom is 0.335 e. The minimum Gasteiger partial charge on any atom is -0.478 e. The van der Waals surface area contributed by atoms with E-state index in [0.717, 1.165) is 0 Å². The summed E-state index contributed by atoms with van der Waals surface area (Å²) in [6.45, 7) is 2.77. The summed E-state index contributed by atoms with van der Waals surface area (Å²) in [5, 5.41) is 13.7. The maximum atomic E-state index is 11.8. The zero-order valence-electron chi connectivity index (χ0n) is 10.7. The molecule has 1 atom stereocenters. The lowest BCUT2D eigenvalue weighted by Crippen LogP contribution is -2.40. The summed E-state index contributed by atoms with van der Waals surface area (Å²) in [5.41, 5.74) is 0.00782. The number of hydrogen-bond donors (Lipinski definition) is 3. The van der Waals surface area contributed by atoms with E-state index in [1.54, 1.807) is 0 Å². The monoisotopic (exact) mass is 318 g/mol. The number of carbonyl (C=O) groups excluding carboxylic acids is 2. The Labute approximate surface area is 125 Å². The van der Waals surface area contributed by atoms with E-state index in [0.29, 0.717) is 0 Å². The molecule has 0 bridgehead atoms. The molecule has 0 radical (unpaired) electrons. The number of amides is 2. The normalized spacial score (nSPS) is 11.6. The van der Waals surface area contributed by atoms with Crippen LogP contribution in [0.25, 0.3) is 0 Å². The van der Waals surface area contributed by atoms with Gasteiger partial charge in [0, 0.05) is 6.92 Å². The Bertz CT molecular complexity index is 552. The highest BCUT2D eigenvalue weighted by Gasteiger charge is 2.18. The quantitative estimate of drug-likeness (QED) is 0.792. The van der Waals surface area contributed by atoms with Crippen molar-refractivity contribution in [1.29, 1.82) is 0 Å². The molecule has 3 N–H and O–H groups in total. The van der Waals surface area contributed by atoms with Gasteiger partial charge in [-0.25, -0.2) is 4.79 Å². The van der Waals surface area contributed by atoms with Crippen LogP contribution < -0.4 is 10.6 Å². The first-order chi connectivity index (χ1) is 9.22. The highest BCUT2D eigenvalue weighted by Crippen LogP contribution is 2.32. The minimum atomic E-state index is -1.18. The Morgan fingerprint density at radius 1 is 1.20 bits per heavy atom. The number of rotatable bonds is 4. The second-order valence-corrected chi connectivity index (χ2v) is 4.85. The molecule has 1 aromatic carbocycles. The standard InChI is InChI=1S/C12H12Cl2N2O4/c1-5(15-6(2)17)11(18)16-10-8(13)3-7(12(19)20)4-9(10)14/h3-5H,1-2H3,(H,15,17)(H,16,18)(H,19,20). The Hall–Kier alpha value is -1.79. The van der Waals surface area contributed by atoms with Crippen molar-refractivity contribution in [1.82, 2.24) is 5.32 Å². The Kier molecular flexibility index (Phi) is 5.35. The van der Waals surface area contributed by atoms with E-state index in [1.165, 1.54) is 26.0 Å². The number of nitrogens with one attached hydrogen (secondary N) is 2. The van der Waals surface area contributed by atoms with Gasteiger partial charge in [-0.05, 0) is 19.1 Å². The van der Waals surface area contributed by atoms with Crippen LogP contribution >= 0.6 is 23.2 Å². The average Bonchev–Trinajstić information content (AvgIpc) is 2.32. The van der Waals surface area contributed by atoms with Crippen LogP contribution in [0, 0.1) is 0 Å². The number of carbonyl (C=O) groups is 3. The van der Waals surface area contributed by atoms with Crippen molar-refractivity contribution in [3.63, 3.8) is 0 Å². The maximum absolute atomic E-state index is 11.8. The fourth-order valence-corrected chi connectivity index (χ4v) is 2.00. The van der Waals surface area contributed by atoms with E-state index < -0.39 is 17.9 Å². The zero-order chi connectivity index (χ0) is 15.4. The smallest absolute Gasteiger partial charge is 0.335 e. The van der Waals surface area contributed by atoms with Gasteiger partial charge in [0.1, 0.15) is 6.04 Å². The van der Waals surface area contributed by atoms with Gasteiger partial charge in [0.25, 0.3) is 0 Å². The highest BCUT2D eigenvalue weighted by atomic mass is 35.5. The molecule has 1 rings (SSSR count). The molecule has 0 spiro atoms. The van der Waals surface area contributed by atoms with E-state index in [2.05, 4.69) is 10.6 Å². The molecule has 0 saturated carbocycles. The van der Waals surface area contributed by atoms with Gasteiger partial charge in [-0.15, -0.1) is 0 Å². The second-order valence-electron chi connectivity index (χ2n) is 4.03. The van der Waals surface area contributed by atoms with Gasteiger partial charge in [-0.1, -0.05) is 23.2 Å². The van der Waals surface area contributed by atoms with Crippen LogP contribution in [0.3, 0.4) is 0 Å². The molecular formula is C12H12Cl2N2O4. The van der Waals surface area contributed by atoms with Crippen LogP contribution in [0.2, 0.25) is 10.0 Å². The largest absolute Gasteiger partial charge is 0.478 e. The molecule has 20 heavy (non-hydrogen) atoms. The topological polar surface area (TPSA) is 95.5 Å². The molecule has 0 aliphatic carbocycles. The van der Waals surface area contributed by atoms with Crippen molar-refractivity contribution >= 4 is 46.7 Å². The number of anilines is 1. The molecule has 2 amide bonds. The number of aromatic carboxylic acids is 1.